The van der Waals surface area contributed by atoms with Crippen LogP contribution in [-0.4, -0.2) is 37.7 Å². The first-order valence-corrected chi connectivity index (χ1v) is 8.24. The van der Waals surface area contributed by atoms with Crippen molar-refractivity contribution >= 4 is 17.2 Å². The molecule has 0 aliphatic rings. The van der Waals surface area contributed by atoms with Crippen LogP contribution in [0, 0.1) is 11.6 Å². The van der Waals surface area contributed by atoms with E-state index in [1.165, 1.54) is 25.4 Å². The lowest BCUT2D eigenvalue weighted by molar-refractivity contribution is 0.0600. The fraction of sp³-hybridized carbons (Fsp3) is 0.250. The van der Waals surface area contributed by atoms with Gasteiger partial charge in [-0.05, 0) is 36.2 Å². The first-order valence-electron chi connectivity index (χ1n) is 7.21. The summed E-state index contributed by atoms with van der Waals surface area (Å²) in [5.74, 6) is -1.98. The number of hydrogen-bond acceptors (Lipinski definition) is 5. The molecule has 0 radical (unpaired) electrons. The number of carbonyl (C=O) groups excluding carboxylic acids is 1. The second kappa shape index (κ2) is 8.75. The molecule has 0 amide bonds. The Bertz CT molecular complexity index is 751. The van der Waals surface area contributed by atoms with E-state index in [1.807, 2.05) is 0 Å². The maximum Gasteiger partial charge on any atom is 0.339 e. The van der Waals surface area contributed by atoms with Crippen molar-refractivity contribution in [3.05, 3.63) is 65.0 Å². The van der Waals surface area contributed by atoms with Crippen LogP contribution in [-0.2, 0) is 29.0 Å². The highest BCUT2D eigenvalue weighted by atomic mass is 32.2. The molecular formula is C16H15F2N2O4S-. The van der Waals surface area contributed by atoms with Gasteiger partial charge >= 0.3 is 5.97 Å². The minimum atomic E-state index is -2.54. The predicted octanol–water partition coefficient (Wildman–Crippen LogP) is 1.99. The molecule has 134 valence electrons. The zero-order valence-corrected chi connectivity index (χ0v) is 14.1. The molecule has 1 atom stereocenters. The van der Waals surface area contributed by atoms with E-state index in [9.17, 15) is 22.3 Å². The Morgan fingerprint density at radius 2 is 1.96 bits per heavy atom. The van der Waals surface area contributed by atoms with Crippen LogP contribution >= 0.6 is 0 Å². The van der Waals surface area contributed by atoms with Crippen LogP contribution in [0.2, 0.25) is 0 Å². The van der Waals surface area contributed by atoms with Crippen LogP contribution in [0.25, 0.3) is 0 Å². The number of halogens is 2. The standard InChI is InChI=1S/C16H16F2N2O4S/c1-24-16(21)12-2-3-15(19-9-12)10-20(25(22)23)5-4-11-6-13(17)8-14(18)7-11/h2-3,6-9H,4-5,10H2,1H3,(H,22,23)/p-1. The molecule has 0 fully saturated rings. The van der Waals surface area contributed by atoms with Crippen molar-refractivity contribution in [2.75, 3.05) is 13.7 Å². The smallest absolute Gasteiger partial charge is 0.339 e. The molecule has 0 bridgehead atoms. The summed E-state index contributed by atoms with van der Waals surface area (Å²) in [5, 5.41) is 0. The molecule has 0 aliphatic carbocycles. The fourth-order valence-electron chi connectivity index (χ4n) is 2.15. The van der Waals surface area contributed by atoms with E-state index in [0.717, 1.165) is 22.5 Å². The second-order valence-corrected chi connectivity index (χ2v) is 6.09. The molecule has 0 saturated heterocycles. The Labute approximate surface area is 145 Å². The van der Waals surface area contributed by atoms with Crippen molar-refractivity contribution in [1.29, 1.82) is 0 Å². The first-order chi connectivity index (χ1) is 11.9. The third-order valence-corrected chi connectivity index (χ3v) is 4.10. The van der Waals surface area contributed by atoms with E-state index in [1.54, 1.807) is 0 Å². The molecule has 1 heterocycles. The number of aromatic nitrogens is 1. The van der Waals surface area contributed by atoms with E-state index in [0.29, 0.717) is 11.3 Å². The van der Waals surface area contributed by atoms with Crippen LogP contribution in [0.15, 0.2) is 36.5 Å². The monoisotopic (exact) mass is 369 g/mol. The predicted molar refractivity (Wildman–Crippen MR) is 85.0 cm³/mol. The number of hydrogen-bond donors (Lipinski definition) is 0. The molecular weight excluding hydrogens is 354 g/mol. The lowest BCUT2D eigenvalue weighted by atomic mass is 10.1. The van der Waals surface area contributed by atoms with E-state index >= 15 is 0 Å². The van der Waals surface area contributed by atoms with Crippen LogP contribution in [0.1, 0.15) is 21.6 Å². The van der Waals surface area contributed by atoms with Crippen molar-refractivity contribution < 1.29 is 27.1 Å². The molecule has 0 aliphatic heterocycles. The number of methoxy groups -OCH3 is 1. The number of rotatable bonds is 7. The number of carbonyl (C=O) groups is 1. The molecule has 1 aromatic carbocycles. The summed E-state index contributed by atoms with van der Waals surface area (Å²) in [6.07, 6.45) is 1.43. The van der Waals surface area contributed by atoms with Crippen LogP contribution in [0.3, 0.4) is 0 Å². The number of nitrogens with zero attached hydrogens (tertiary/aromatic N) is 2. The average Bonchev–Trinajstić information content (AvgIpc) is 2.57. The third-order valence-electron chi connectivity index (χ3n) is 3.37. The second-order valence-electron chi connectivity index (χ2n) is 5.14. The quantitative estimate of drug-likeness (QED) is 0.551. The van der Waals surface area contributed by atoms with E-state index in [4.69, 9.17) is 0 Å². The number of benzene rings is 1. The minimum Gasteiger partial charge on any atom is -0.760 e. The SMILES string of the molecule is COC(=O)c1ccc(CN(CCc2cc(F)cc(F)c2)S(=O)[O-])nc1. The molecule has 25 heavy (non-hydrogen) atoms. The summed E-state index contributed by atoms with van der Waals surface area (Å²) in [4.78, 5) is 15.4. The molecule has 0 saturated carbocycles. The Hall–Kier alpha value is -2.23. The van der Waals surface area contributed by atoms with Gasteiger partial charge in [0.1, 0.15) is 11.6 Å². The van der Waals surface area contributed by atoms with Gasteiger partial charge in [-0.2, -0.15) is 0 Å². The highest BCUT2D eigenvalue weighted by Crippen LogP contribution is 2.11. The van der Waals surface area contributed by atoms with Gasteiger partial charge in [0.05, 0.1) is 24.9 Å². The summed E-state index contributed by atoms with van der Waals surface area (Å²) in [6.45, 7) is -0.00516. The van der Waals surface area contributed by atoms with Crippen LogP contribution in [0.4, 0.5) is 8.78 Å². The minimum absolute atomic E-state index is 0.0272. The number of pyridine rings is 1. The van der Waals surface area contributed by atoms with Gasteiger partial charge in [-0.3, -0.25) is 9.19 Å². The summed E-state index contributed by atoms with van der Waals surface area (Å²) >= 11 is -2.54. The molecule has 6 nitrogen and oxygen atoms in total. The topological polar surface area (TPSA) is 82.6 Å². The van der Waals surface area contributed by atoms with Gasteiger partial charge in [-0.1, -0.05) is 0 Å². The van der Waals surface area contributed by atoms with Crippen LogP contribution < -0.4 is 0 Å². The third kappa shape index (κ3) is 5.66. The Morgan fingerprint density at radius 1 is 1.28 bits per heavy atom. The van der Waals surface area contributed by atoms with Gasteiger partial charge in [-0.25, -0.2) is 17.9 Å². The molecule has 2 rings (SSSR count). The highest BCUT2D eigenvalue weighted by molar-refractivity contribution is 7.76. The number of esters is 1. The molecule has 1 unspecified atom stereocenters. The maximum atomic E-state index is 13.2. The van der Waals surface area contributed by atoms with Gasteiger partial charge in [0, 0.05) is 30.1 Å². The van der Waals surface area contributed by atoms with Crippen molar-refractivity contribution in [1.82, 2.24) is 9.29 Å². The highest BCUT2D eigenvalue weighted by Gasteiger charge is 2.11. The Morgan fingerprint density at radius 3 is 2.48 bits per heavy atom. The zero-order valence-electron chi connectivity index (χ0n) is 13.3. The summed E-state index contributed by atoms with van der Waals surface area (Å²) in [5.41, 5.74) is 1.01. The summed E-state index contributed by atoms with van der Waals surface area (Å²) < 4.78 is 54.7. The molecule has 1 aromatic heterocycles. The van der Waals surface area contributed by atoms with E-state index in [2.05, 4.69) is 9.72 Å². The number of ether oxygens (including phenoxy) is 1. The van der Waals surface area contributed by atoms with Gasteiger partial charge < -0.3 is 9.29 Å². The first kappa shape index (κ1) is 19.1. The van der Waals surface area contributed by atoms with Gasteiger partial charge in [-0.15, -0.1) is 0 Å². The van der Waals surface area contributed by atoms with Crippen LogP contribution in [0.5, 0.6) is 0 Å². The normalized spacial score (nSPS) is 12.2. The van der Waals surface area contributed by atoms with E-state index < -0.39 is 28.9 Å². The molecule has 2 aromatic rings. The lowest BCUT2D eigenvalue weighted by Gasteiger charge is -2.23. The van der Waals surface area contributed by atoms with E-state index in [-0.39, 0.29) is 25.1 Å². The largest absolute Gasteiger partial charge is 0.760 e. The Balaban J connectivity index is 2.03. The lowest BCUT2D eigenvalue weighted by Crippen LogP contribution is -2.28. The Kier molecular flexibility index (Phi) is 6.68. The van der Waals surface area contributed by atoms with Crippen molar-refractivity contribution in [3.63, 3.8) is 0 Å². The molecule has 0 N–H and O–H groups in total. The molecule has 9 heteroatoms. The fourth-order valence-corrected chi connectivity index (χ4v) is 2.63. The average molecular weight is 369 g/mol. The van der Waals surface area contributed by atoms with Gasteiger partial charge in [0.15, 0.2) is 0 Å². The maximum absolute atomic E-state index is 13.2. The van der Waals surface area contributed by atoms with Gasteiger partial charge in [0.2, 0.25) is 0 Å². The summed E-state index contributed by atoms with van der Waals surface area (Å²) in [7, 11) is 1.24. The van der Waals surface area contributed by atoms with Crippen molar-refractivity contribution in [2.24, 2.45) is 0 Å². The van der Waals surface area contributed by atoms with Gasteiger partial charge in [0.25, 0.3) is 0 Å². The van der Waals surface area contributed by atoms with Crippen molar-refractivity contribution in [2.45, 2.75) is 13.0 Å². The van der Waals surface area contributed by atoms with Crippen molar-refractivity contribution in [3.8, 4) is 0 Å². The summed E-state index contributed by atoms with van der Waals surface area (Å²) in [6, 6.07) is 6.03. The molecule has 0 spiro atoms. The zero-order chi connectivity index (χ0) is 18.4.